The van der Waals surface area contributed by atoms with Crippen LogP contribution < -0.4 is 0 Å². The SMILES string of the molecule is CC1(C)c2ccccc2C2(c3ccc(-c4cccc(-c5nc(-c6ccccc6)nc(-c6cccc(-c7ccccc7)c6)n5)c4)cc31)C1CC3CC(C1)CC2C3. The van der Waals surface area contributed by atoms with Gasteiger partial charge >= 0.3 is 0 Å². The number of aromatic nitrogens is 3. The van der Waals surface area contributed by atoms with Crippen molar-refractivity contribution in [3.63, 3.8) is 0 Å². The average Bonchev–Trinajstić information content (AvgIpc) is 3.24. The summed E-state index contributed by atoms with van der Waals surface area (Å²) in [5.74, 6) is 5.33. The van der Waals surface area contributed by atoms with Gasteiger partial charge in [0, 0.05) is 27.5 Å². The van der Waals surface area contributed by atoms with Gasteiger partial charge in [0.2, 0.25) is 0 Å². The highest BCUT2D eigenvalue weighted by molar-refractivity contribution is 5.76. The summed E-state index contributed by atoms with van der Waals surface area (Å²) >= 11 is 0. The van der Waals surface area contributed by atoms with Crippen molar-refractivity contribution in [3.05, 3.63) is 174 Å². The van der Waals surface area contributed by atoms with E-state index >= 15 is 0 Å². The normalized spacial score (nSPS) is 24.0. The third-order valence-electron chi connectivity index (χ3n) is 14.0. The summed E-state index contributed by atoms with van der Waals surface area (Å²) in [6.45, 7) is 4.91. The van der Waals surface area contributed by atoms with Gasteiger partial charge in [0.05, 0.1) is 0 Å². The standard InChI is InChI=1S/C52H45N3/c1-51(2)44-21-9-10-22-45(44)52(42-26-33-25-34(28-42)29-43(52)27-33)46-24-23-39(32-47(46)51)38-18-12-20-41(31-38)50-54-48(36-15-7-4-8-16-36)53-49(55-50)40-19-11-17-37(30-40)35-13-5-3-6-14-35/h3-24,30-34,42-43H,25-29H2,1-2H3. The molecule has 0 saturated heterocycles. The Bertz CT molecular complexity index is 2560. The number of fused-ring (bicyclic) bond motifs is 2. The summed E-state index contributed by atoms with van der Waals surface area (Å²) in [7, 11) is 0. The van der Waals surface area contributed by atoms with Gasteiger partial charge in [-0.25, -0.2) is 15.0 Å². The second-order valence-electron chi connectivity index (χ2n) is 17.3. The molecule has 3 nitrogen and oxygen atoms in total. The molecule has 0 unspecified atom stereocenters. The lowest BCUT2D eigenvalue weighted by molar-refractivity contribution is -0.0443. The van der Waals surface area contributed by atoms with Gasteiger partial charge in [-0.05, 0) is 118 Å². The third kappa shape index (κ3) is 5.12. The Morgan fingerprint density at radius 2 is 0.800 bits per heavy atom. The zero-order chi connectivity index (χ0) is 36.7. The fraction of sp³-hybridized carbons (Fsp3) is 0.250. The Balaban J connectivity index is 1.03. The van der Waals surface area contributed by atoms with Crippen LogP contribution in [-0.2, 0) is 10.8 Å². The quantitative estimate of drug-likeness (QED) is 0.178. The van der Waals surface area contributed by atoms with Crippen LogP contribution in [0.15, 0.2) is 152 Å². The molecule has 6 aromatic carbocycles. The molecule has 55 heavy (non-hydrogen) atoms. The van der Waals surface area contributed by atoms with Gasteiger partial charge in [0.25, 0.3) is 0 Å². The maximum atomic E-state index is 5.16. The maximum absolute atomic E-state index is 5.16. The fourth-order valence-electron chi connectivity index (χ4n) is 11.7. The van der Waals surface area contributed by atoms with Crippen LogP contribution in [0.2, 0.25) is 0 Å². The van der Waals surface area contributed by atoms with Crippen molar-refractivity contribution in [3.8, 4) is 56.4 Å². The largest absolute Gasteiger partial charge is 0.208 e. The highest BCUT2D eigenvalue weighted by atomic mass is 15.0. The van der Waals surface area contributed by atoms with Crippen LogP contribution in [-0.4, -0.2) is 15.0 Å². The van der Waals surface area contributed by atoms with Crippen LogP contribution in [0.25, 0.3) is 56.4 Å². The first-order chi connectivity index (χ1) is 26.9. The number of hydrogen-bond donors (Lipinski definition) is 0. The first kappa shape index (κ1) is 32.7. The van der Waals surface area contributed by atoms with Gasteiger partial charge in [0.15, 0.2) is 17.5 Å². The van der Waals surface area contributed by atoms with Crippen molar-refractivity contribution in [2.75, 3.05) is 0 Å². The molecule has 0 aliphatic heterocycles. The third-order valence-corrected chi connectivity index (χ3v) is 14.0. The highest BCUT2D eigenvalue weighted by Gasteiger charge is 2.62. The topological polar surface area (TPSA) is 38.7 Å². The molecule has 1 heterocycles. The molecule has 1 aromatic heterocycles. The van der Waals surface area contributed by atoms with Crippen LogP contribution in [0, 0.1) is 23.7 Å². The average molecular weight is 712 g/mol. The zero-order valence-electron chi connectivity index (χ0n) is 31.6. The Kier molecular flexibility index (Phi) is 7.40. The Morgan fingerprint density at radius 3 is 1.40 bits per heavy atom. The van der Waals surface area contributed by atoms with E-state index in [1.54, 1.807) is 11.1 Å². The minimum Gasteiger partial charge on any atom is -0.208 e. The van der Waals surface area contributed by atoms with Crippen molar-refractivity contribution < 1.29 is 0 Å². The molecular formula is C52H45N3. The zero-order valence-corrected chi connectivity index (χ0v) is 31.6. The molecule has 0 radical (unpaired) electrons. The highest BCUT2D eigenvalue weighted by Crippen LogP contribution is 2.68. The summed E-state index contributed by atoms with van der Waals surface area (Å²) in [5, 5.41) is 0. The monoisotopic (exact) mass is 711 g/mol. The van der Waals surface area contributed by atoms with Crippen LogP contribution in [0.3, 0.4) is 0 Å². The summed E-state index contributed by atoms with van der Waals surface area (Å²) in [6, 6.07) is 55.1. The van der Waals surface area contributed by atoms with Crippen molar-refractivity contribution >= 4 is 0 Å². The molecule has 12 rings (SSSR count). The summed E-state index contributed by atoms with van der Waals surface area (Å²) in [6.07, 6.45) is 7.02. The lowest BCUT2D eigenvalue weighted by Gasteiger charge is -2.64. The minimum absolute atomic E-state index is 0.0958. The van der Waals surface area contributed by atoms with Crippen molar-refractivity contribution in [2.24, 2.45) is 23.7 Å². The molecule has 5 aliphatic rings. The van der Waals surface area contributed by atoms with E-state index in [0.29, 0.717) is 17.5 Å². The molecule has 0 amide bonds. The maximum Gasteiger partial charge on any atom is 0.164 e. The molecule has 268 valence electrons. The van der Waals surface area contributed by atoms with Crippen LogP contribution >= 0.6 is 0 Å². The molecule has 5 aliphatic carbocycles. The molecule has 1 spiro atoms. The van der Waals surface area contributed by atoms with E-state index in [0.717, 1.165) is 45.9 Å². The van der Waals surface area contributed by atoms with Crippen LogP contribution in [0.4, 0.5) is 0 Å². The lowest BCUT2D eigenvalue weighted by atomic mass is 9.39. The van der Waals surface area contributed by atoms with Crippen molar-refractivity contribution in [1.82, 2.24) is 15.0 Å². The first-order valence-corrected chi connectivity index (χ1v) is 20.3. The number of rotatable bonds is 5. The minimum atomic E-state index is -0.0958. The van der Waals surface area contributed by atoms with Crippen LogP contribution in [0.5, 0.6) is 0 Å². The van der Waals surface area contributed by atoms with Crippen molar-refractivity contribution in [2.45, 2.75) is 56.8 Å². The van der Waals surface area contributed by atoms with E-state index in [2.05, 4.69) is 147 Å². The Hall–Kier alpha value is -5.67. The lowest BCUT2D eigenvalue weighted by Crippen LogP contribution is -2.58. The number of nitrogens with zero attached hydrogens (tertiary/aromatic N) is 3. The van der Waals surface area contributed by atoms with Gasteiger partial charge in [0.1, 0.15) is 0 Å². The predicted molar refractivity (Wildman–Crippen MR) is 223 cm³/mol. The van der Waals surface area contributed by atoms with E-state index in [9.17, 15) is 0 Å². The number of benzene rings is 6. The van der Waals surface area contributed by atoms with Gasteiger partial charge in [-0.1, -0.05) is 147 Å². The fourth-order valence-corrected chi connectivity index (χ4v) is 11.7. The van der Waals surface area contributed by atoms with Gasteiger partial charge in [-0.2, -0.15) is 0 Å². The van der Waals surface area contributed by atoms with Gasteiger partial charge in [-0.3, -0.25) is 0 Å². The van der Waals surface area contributed by atoms with Gasteiger partial charge in [-0.15, -0.1) is 0 Å². The molecule has 3 heteroatoms. The van der Waals surface area contributed by atoms with Gasteiger partial charge < -0.3 is 0 Å². The molecule has 7 aromatic rings. The molecule has 0 N–H and O–H groups in total. The van der Waals surface area contributed by atoms with E-state index in [1.807, 2.05) is 18.2 Å². The molecule has 0 atom stereocenters. The van der Waals surface area contributed by atoms with Crippen molar-refractivity contribution in [1.29, 1.82) is 0 Å². The van der Waals surface area contributed by atoms with E-state index in [-0.39, 0.29) is 10.8 Å². The smallest absolute Gasteiger partial charge is 0.164 e. The number of hydrogen-bond acceptors (Lipinski definition) is 3. The second kappa shape index (κ2) is 12.4. The Morgan fingerprint density at radius 1 is 0.364 bits per heavy atom. The molecule has 4 saturated carbocycles. The summed E-state index contributed by atoms with van der Waals surface area (Å²) < 4.78 is 0. The molecule has 4 fully saturated rings. The molecular weight excluding hydrogens is 667 g/mol. The predicted octanol–water partition coefficient (Wildman–Crippen LogP) is 12.6. The van der Waals surface area contributed by atoms with Crippen LogP contribution in [0.1, 0.15) is 68.2 Å². The Labute approximate surface area is 324 Å². The summed E-state index contributed by atoms with van der Waals surface area (Å²) in [5.41, 5.74) is 14.0. The summed E-state index contributed by atoms with van der Waals surface area (Å²) in [4.78, 5) is 15.3. The van der Waals surface area contributed by atoms with E-state index in [4.69, 9.17) is 15.0 Å². The van der Waals surface area contributed by atoms with E-state index in [1.165, 1.54) is 59.9 Å². The molecule has 4 bridgehead atoms. The second-order valence-corrected chi connectivity index (χ2v) is 17.3. The van der Waals surface area contributed by atoms with E-state index < -0.39 is 0 Å². The first-order valence-electron chi connectivity index (χ1n) is 20.3.